The molecule has 0 bridgehead atoms. The van der Waals surface area contributed by atoms with E-state index in [-0.39, 0.29) is 5.82 Å². The average molecular weight is 236 g/mol. The van der Waals surface area contributed by atoms with Gasteiger partial charge in [-0.3, -0.25) is 5.01 Å². The maximum Gasteiger partial charge on any atom is 0.124 e. The zero-order chi connectivity index (χ0) is 12.3. The lowest BCUT2D eigenvalue weighted by Gasteiger charge is -2.23. The Morgan fingerprint density at radius 2 is 2.35 bits per heavy atom. The molecule has 0 saturated heterocycles. The highest BCUT2D eigenvalue weighted by atomic mass is 19.1. The molecular formula is C13H17FN2O. The van der Waals surface area contributed by atoms with Crippen LogP contribution in [0.4, 0.5) is 4.39 Å². The lowest BCUT2D eigenvalue weighted by Crippen LogP contribution is -2.25. The Kier molecular flexibility index (Phi) is 3.61. The second kappa shape index (κ2) is 5.17. The third kappa shape index (κ3) is 2.57. The topological polar surface area (TPSA) is 24.8 Å². The van der Waals surface area contributed by atoms with Crippen molar-refractivity contribution in [1.29, 1.82) is 0 Å². The number of halogens is 1. The van der Waals surface area contributed by atoms with E-state index in [1.165, 1.54) is 12.1 Å². The molecule has 0 aromatic heterocycles. The van der Waals surface area contributed by atoms with Crippen LogP contribution >= 0.6 is 0 Å². The van der Waals surface area contributed by atoms with E-state index in [9.17, 15) is 4.39 Å². The maximum atomic E-state index is 13.2. The van der Waals surface area contributed by atoms with E-state index in [0.29, 0.717) is 18.3 Å². The summed E-state index contributed by atoms with van der Waals surface area (Å²) in [6.07, 6.45) is 3.92. The van der Waals surface area contributed by atoms with Crippen molar-refractivity contribution in [3.05, 3.63) is 29.6 Å². The first-order chi connectivity index (χ1) is 8.24. The number of hydrazone groups is 1. The van der Waals surface area contributed by atoms with E-state index in [1.54, 1.807) is 13.2 Å². The standard InChI is InChI=1S/C13H17FN2O/c1-3-12-6-7-15-16(12)9-10-8-11(14)4-5-13(10)17-2/h4-5,7-8,12H,3,6,9H2,1-2H3. The van der Waals surface area contributed by atoms with E-state index in [0.717, 1.165) is 18.4 Å². The number of ether oxygens (including phenoxy) is 1. The molecule has 92 valence electrons. The van der Waals surface area contributed by atoms with Crippen LogP contribution in [0.1, 0.15) is 25.3 Å². The van der Waals surface area contributed by atoms with Gasteiger partial charge < -0.3 is 4.74 Å². The SMILES string of the molecule is CCC1CC=NN1Cc1cc(F)ccc1OC. The fourth-order valence-corrected chi connectivity index (χ4v) is 2.08. The highest BCUT2D eigenvalue weighted by molar-refractivity contribution is 5.59. The molecule has 1 heterocycles. The second-order valence-corrected chi connectivity index (χ2v) is 4.15. The first-order valence-electron chi connectivity index (χ1n) is 5.86. The Morgan fingerprint density at radius 3 is 3.06 bits per heavy atom. The second-order valence-electron chi connectivity index (χ2n) is 4.15. The fourth-order valence-electron chi connectivity index (χ4n) is 2.08. The van der Waals surface area contributed by atoms with Crippen LogP contribution in [0, 0.1) is 5.82 Å². The highest BCUT2D eigenvalue weighted by Crippen LogP contribution is 2.24. The van der Waals surface area contributed by atoms with Crippen molar-refractivity contribution < 1.29 is 9.13 Å². The van der Waals surface area contributed by atoms with Crippen LogP contribution in [0.25, 0.3) is 0 Å². The summed E-state index contributed by atoms with van der Waals surface area (Å²) in [4.78, 5) is 0. The zero-order valence-corrected chi connectivity index (χ0v) is 10.2. The predicted molar refractivity (Wildman–Crippen MR) is 65.7 cm³/mol. The zero-order valence-electron chi connectivity index (χ0n) is 10.2. The summed E-state index contributed by atoms with van der Waals surface area (Å²) in [5.41, 5.74) is 0.838. The Labute approximate surface area is 101 Å². The number of methoxy groups -OCH3 is 1. The summed E-state index contributed by atoms with van der Waals surface area (Å²) in [5, 5.41) is 6.32. The Bertz CT molecular complexity index is 420. The Balaban J connectivity index is 2.17. The van der Waals surface area contributed by atoms with Crippen LogP contribution in [0.3, 0.4) is 0 Å². The molecule has 0 amide bonds. The van der Waals surface area contributed by atoms with Crippen LogP contribution in [0.15, 0.2) is 23.3 Å². The van der Waals surface area contributed by atoms with Crippen molar-refractivity contribution in [2.75, 3.05) is 7.11 Å². The van der Waals surface area contributed by atoms with Crippen LogP contribution < -0.4 is 4.74 Å². The number of nitrogens with zero attached hydrogens (tertiary/aromatic N) is 2. The Hall–Kier alpha value is -1.58. The van der Waals surface area contributed by atoms with Crippen molar-refractivity contribution >= 4 is 6.21 Å². The van der Waals surface area contributed by atoms with Crippen molar-refractivity contribution in [2.45, 2.75) is 32.4 Å². The van der Waals surface area contributed by atoms with Crippen LogP contribution in [-0.2, 0) is 6.54 Å². The minimum Gasteiger partial charge on any atom is -0.496 e. The molecule has 17 heavy (non-hydrogen) atoms. The fraction of sp³-hybridized carbons (Fsp3) is 0.462. The molecule has 1 aliphatic rings. The van der Waals surface area contributed by atoms with E-state index in [1.807, 2.05) is 11.2 Å². The van der Waals surface area contributed by atoms with Gasteiger partial charge in [-0.25, -0.2) is 4.39 Å². The van der Waals surface area contributed by atoms with Gasteiger partial charge in [0.25, 0.3) is 0 Å². The summed E-state index contributed by atoms with van der Waals surface area (Å²) < 4.78 is 18.5. The van der Waals surface area contributed by atoms with E-state index in [2.05, 4.69) is 12.0 Å². The first kappa shape index (κ1) is 11.9. The highest BCUT2D eigenvalue weighted by Gasteiger charge is 2.20. The van der Waals surface area contributed by atoms with Gasteiger partial charge in [-0.05, 0) is 24.6 Å². The van der Waals surface area contributed by atoms with Gasteiger partial charge in [0.1, 0.15) is 11.6 Å². The molecule has 0 N–H and O–H groups in total. The van der Waals surface area contributed by atoms with Gasteiger partial charge in [-0.2, -0.15) is 5.10 Å². The molecule has 3 nitrogen and oxygen atoms in total. The van der Waals surface area contributed by atoms with Gasteiger partial charge in [-0.15, -0.1) is 0 Å². The molecular weight excluding hydrogens is 219 g/mol. The van der Waals surface area contributed by atoms with Gasteiger partial charge in [-0.1, -0.05) is 6.92 Å². The normalized spacial score (nSPS) is 18.8. The third-order valence-electron chi connectivity index (χ3n) is 3.07. The van der Waals surface area contributed by atoms with Crippen molar-refractivity contribution in [3.63, 3.8) is 0 Å². The van der Waals surface area contributed by atoms with Crippen molar-refractivity contribution in [3.8, 4) is 5.75 Å². The molecule has 0 fully saturated rings. The molecule has 2 rings (SSSR count). The smallest absolute Gasteiger partial charge is 0.124 e. The molecule has 1 unspecified atom stereocenters. The van der Waals surface area contributed by atoms with Gasteiger partial charge in [0, 0.05) is 18.2 Å². The summed E-state index contributed by atoms with van der Waals surface area (Å²) in [5.74, 6) is 0.473. The molecule has 0 radical (unpaired) electrons. The molecule has 0 saturated carbocycles. The molecule has 4 heteroatoms. The molecule has 0 spiro atoms. The number of rotatable bonds is 4. The van der Waals surface area contributed by atoms with E-state index in [4.69, 9.17) is 4.74 Å². The van der Waals surface area contributed by atoms with Crippen molar-refractivity contribution in [1.82, 2.24) is 5.01 Å². The quantitative estimate of drug-likeness (QED) is 0.803. The summed E-state index contributed by atoms with van der Waals surface area (Å²) in [7, 11) is 1.60. The van der Waals surface area contributed by atoms with Crippen molar-refractivity contribution in [2.24, 2.45) is 5.10 Å². The minimum absolute atomic E-state index is 0.239. The monoisotopic (exact) mass is 236 g/mol. The van der Waals surface area contributed by atoms with Crippen LogP contribution in [0.5, 0.6) is 5.75 Å². The van der Waals surface area contributed by atoms with Crippen LogP contribution in [0.2, 0.25) is 0 Å². The summed E-state index contributed by atoms with van der Waals surface area (Å²) in [6, 6.07) is 5.00. The predicted octanol–water partition coefficient (Wildman–Crippen LogP) is 2.80. The molecule has 1 aliphatic heterocycles. The Morgan fingerprint density at radius 1 is 1.53 bits per heavy atom. The average Bonchev–Trinajstić information content (AvgIpc) is 2.77. The third-order valence-corrected chi connectivity index (χ3v) is 3.07. The molecule has 1 aromatic rings. The van der Waals surface area contributed by atoms with Gasteiger partial charge >= 0.3 is 0 Å². The largest absolute Gasteiger partial charge is 0.496 e. The summed E-state index contributed by atoms with van der Waals surface area (Å²) >= 11 is 0. The number of benzene rings is 1. The van der Waals surface area contributed by atoms with Gasteiger partial charge in [0.2, 0.25) is 0 Å². The van der Waals surface area contributed by atoms with E-state index >= 15 is 0 Å². The lowest BCUT2D eigenvalue weighted by atomic mass is 10.1. The molecule has 0 aliphatic carbocycles. The van der Waals surface area contributed by atoms with Gasteiger partial charge in [0.15, 0.2) is 0 Å². The molecule has 1 aromatic carbocycles. The first-order valence-corrected chi connectivity index (χ1v) is 5.86. The summed E-state index contributed by atoms with van der Waals surface area (Å²) in [6.45, 7) is 2.73. The van der Waals surface area contributed by atoms with Gasteiger partial charge in [0.05, 0.1) is 19.7 Å². The lowest BCUT2D eigenvalue weighted by molar-refractivity contribution is 0.213. The number of hydrogen-bond acceptors (Lipinski definition) is 3. The maximum absolute atomic E-state index is 13.2. The van der Waals surface area contributed by atoms with Crippen LogP contribution in [-0.4, -0.2) is 24.4 Å². The van der Waals surface area contributed by atoms with E-state index < -0.39 is 0 Å². The number of hydrogen-bond donors (Lipinski definition) is 0. The minimum atomic E-state index is -0.239. The molecule has 1 atom stereocenters.